The molecule has 6 aromatic rings. The molecule has 200 valence electrons. The fourth-order valence-electron chi connectivity index (χ4n) is 4.55. The van der Waals surface area contributed by atoms with Crippen molar-refractivity contribution in [2.75, 3.05) is 12.4 Å². The number of amides is 1. The van der Waals surface area contributed by atoms with Gasteiger partial charge in [0.15, 0.2) is 11.3 Å². The van der Waals surface area contributed by atoms with E-state index in [0.29, 0.717) is 28.1 Å². The van der Waals surface area contributed by atoms with Crippen LogP contribution in [-0.4, -0.2) is 37.4 Å². The molecule has 0 bridgehead atoms. The van der Waals surface area contributed by atoms with Crippen LogP contribution in [0.25, 0.3) is 27.7 Å². The Balaban J connectivity index is 1.30. The smallest absolute Gasteiger partial charge is 0.433 e. The van der Waals surface area contributed by atoms with Crippen molar-refractivity contribution in [3.05, 3.63) is 108 Å². The zero-order chi connectivity index (χ0) is 27.9. The average Bonchev–Trinajstić information content (AvgIpc) is 3.59. The number of anilines is 1. The lowest BCUT2D eigenvalue weighted by Crippen LogP contribution is -2.15. The van der Waals surface area contributed by atoms with Gasteiger partial charge in [0.25, 0.3) is 5.91 Å². The number of rotatable bonds is 6. The minimum absolute atomic E-state index is 0.0416. The summed E-state index contributed by atoms with van der Waals surface area (Å²) in [5.74, 6) is -0.112. The van der Waals surface area contributed by atoms with Crippen molar-refractivity contribution < 1.29 is 22.7 Å². The molecule has 0 aliphatic carbocycles. The number of ether oxygens (including phenoxy) is 1. The minimum atomic E-state index is -4.73. The summed E-state index contributed by atoms with van der Waals surface area (Å²) in [7, 11) is 1.49. The number of carbonyl (C=O) groups is 1. The molecule has 3 aromatic heterocycles. The van der Waals surface area contributed by atoms with Gasteiger partial charge in [0.05, 0.1) is 37.4 Å². The van der Waals surface area contributed by atoms with Gasteiger partial charge in [0, 0.05) is 11.8 Å². The van der Waals surface area contributed by atoms with Crippen molar-refractivity contribution in [2.24, 2.45) is 0 Å². The molecule has 0 saturated carbocycles. The molecule has 0 unspecified atom stereocenters. The van der Waals surface area contributed by atoms with Crippen molar-refractivity contribution in [2.45, 2.75) is 12.7 Å². The number of methoxy groups -OCH3 is 1. The third kappa shape index (κ3) is 4.73. The zero-order valence-electron chi connectivity index (χ0n) is 21.1. The number of carbonyl (C=O) groups excluding carboxylic acids is 1. The van der Waals surface area contributed by atoms with E-state index in [0.717, 1.165) is 28.6 Å². The summed E-state index contributed by atoms with van der Waals surface area (Å²) >= 11 is 0. The number of hydrogen-bond acceptors (Lipinski definition) is 5. The number of halogens is 3. The predicted molar refractivity (Wildman–Crippen MR) is 143 cm³/mol. The summed E-state index contributed by atoms with van der Waals surface area (Å²) in [6.07, 6.45) is -0.523. The van der Waals surface area contributed by atoms with Gasteiger partial charge in [-0.3, -0.25) is 9.48 Å². The Bertz CT molecular complexity index is 1850. The largest absolute Gasteiger partial charge is 0.497 e. The van der Waals surface area contributed by atoms with Gasteiger partial charge in [-0.25, -0.2) is 9.50 Å². The molecular weight excluding hydrogens is 521 g/mol. The highest BCUT2D eigenvalue weighted by Crippen LogP contribution is 2.33. The van der Waals surface area contributed by atoms with Gasteiger partial charge >= 0.3 is 6.18 Å². The molecule has 1 N–H and O–H groups in total. The number of fused-ring (bicyclic) bond motifs is 2. The number of alkyl halides is 3. The van der Waals surface area contributed by atoms with Crippen LogP contribution in [-0.2, 0) is 12.7 Å². The van der Waals surface area contributed by atoms with E-state index in [4.69, 9.17) is 4.74 Å². The number of nitrogens with one attached hydrogen (secondary N) is 1. The Morgan fingerprint density at radius 2 is 1.75 bits per heavy atom. The number of aromatic nitrogens is 5. The number of nitrogens with zero attached hydrogens (tertiary/aromatic N) is 5. The van der Waals surface area contributed by atoms with Crippen molar-refractivity contribution in [3.8, 4) is 17.0 Å². The third-order valence-corrected chi connectivity index (χ3v) is 6.50. The molecule has 0 atom stereocenters. The van der Waals surface area contributed by atoms with Gasteiger partial charge in [-0.05, 0) is 46.7 Å². The lowest BCUT2D eigenvalue weighted by atomic mass is 10.0. The van der Waals surface area contributed by atoms with Crippen LogP contribution in [0.3, 0.4) is 0 Å². The van der Waals surface area contributed by atoms with Gasteiger partial charge in [-0.1, -0.05) is 42.5 Å². The topological polar surface area (TPSA) is 86.3 Å². The lowest BCUT2D eigenvalue weighted by molar-refractivity contribution is -0.142. The van der Waals surface area contributed by atoms with Gasteiger partial charge < -0.3 is 10.1 Å². The monoisotopic (exact) mass is 542 g/mol. The van der Waals surface area contributed by atoms with Crippen molar-refractivity contribution in [1.82, 2.24) is 24.4 Å². The summed E-state index contributed by atoms with van der Waals surface area (Å²) in [4.78, 5) is 17.6. The highest BCUT2D eigenvalue weighted by atomic mass is 19.4. The van der Waals surface area contributed by atoms with E-state index in [1.54, 1.807) is 35.1 Å². The molecule has 3 aromatic carbocycles. The standard InChI is InChI=1S/C29H21F3N6O2/c1-40-22-11-9-19(10-12-22)25-13-26(29(30,31)32)38-27(36-25)24(15-34-38)28(39)35-21-14-33-37(17-21)16-20-7-4-6-18-5-2-3-8-23(18)20/h2-15,17H,16H2,1H3,(H,35,39). The van der Waals surface area contributed by atoms with E-state index >= 15 is 0 Å². The third-order valence-electron chi connectivity index (χ3n) is 6.50. The second kappa shape index (κ2) is 9.84. The van der Waals surface area contributed by atoms with E-state index in [9.17, 15) is 18.0 Å². The minimum Gasteiger partial charge on any atom is -0.497 e. The molecule has 11 heteroatoms. The molecule has 0 spiro atoms. The van der Waals surface area contributed by atoms with Gasteiger partial charge in [-0.2, -0.15) is 23.4 Å². The molecule has 8 nitrogen and oxygen atoms in total. The van der Waals surface area contributed by atoms with E-state index in [-0.39, 0.29) is 16.9 Å². The second-order valence-corrected chi connectivity index (χ2v) is 9.07. The molecule has 0 saturated heterocycles. The van der Waals surface area contributed by atoms with Crippen LogP contribution >= 0.6 is 0 Å². The van der Waals surface area contributed by atoms with Crippen LogP contribution in [0.2, 0.25) is 0 Å². The average molecular weight is 543 g/mol. The summed E-state index contributed by atoms with van der Waals surface area (Å²) in [5, 5.41) is 13.1. The molecule has 6 rings (SSSR count). The summed E-state index contributed by atoms with van der Waals surface area (Å²) in [6.45, 7) is 0.468. The molecule has 0 fully saturated rings. The zero-order valence-corrected chi connectivity index (χ0v) is 21.1. The quantitative estimate of drug-likeness (QED) is 0.276. The Hall–Kier alpha value is -5.19. The SMILES string of the molecule is COc1ccc(-c2cc(C(F)(F)F)n3ncc(C(=O)Nc4cnn(Cc5cccc6ccccc56)c4)c3n2)cc1. The van der Waals surface area contributed by atoms with E-state index in [2.05, 4.69) is 20.5 Å². The fraction of sp³-hybridized carbons (Fsp3) is 0.103. The summed E-state index contributed by atoms with van der Waals surface area (Å²) in [6, 6.07) is 21.3. The summed E-state index contributed by atoms with van der Waals surface area (Å²) < 4.78 is 49.3. The van der Waals surface area contributed by atoms with Crippen molar-refractivity contribution >= 4 is 28.0 Å². The molecule has 0 aliphatic heterocycles. The Kier molecular flexibility index (Phi) is 6.18. The van der Waals surface area contributed by atoms with Crippen LogP contribution in [0.15, 0.2) is 91.4 Å². The molecule has 0 radical (unpaired) electrons. The number of benzene rings is 3. The maximum Gasteiger partial charge on any atom is 0.433 e. The van der Waals surface area contributed by atoms with E-state index < -0.39 is 17.8 Å². The van der Waals surface area contributed by atoms with Crippen molar-refractivity contribution in [1.29, 1.82) is 0 Å². The maximum absolute atomic E-state index is 13.9. The second-order valence-electron chi connectivity index (χ2n) is 9.07. The van der Waals surface area contributed by atoms with Crippen LogP contribution in [0.5, 0.6) is 5.75 Å². The Morgan fingerprint density at radius 3 is 2.52 bits per heavy atom. The molecule has 0 aliphatic rings. The number of hydrogen-bond donors (Lipinski definition) is 1. The van der Waals surface area contributed by atoms with Crippen LogP contribution in [0.4, 0.5) is 18.9 Å². The first kappa shape index (κ1) is 25.1. The first-order valence-electron chi connectivity index (χ1n) is 12.2. The van der Waals surface area contributed by atoms with E-state index in [1.165, 1.54) is 13.3 Å². The predicted octanol–water partition coefficient (Wildman–Crippen LogP) is 6.07. The Morgan fingerprint density at radius 1 is 0.975 bits per heavy atom. The highest BCUT2D eigenvalue weighted by Gasteiger charge is 2.36. The summed E-state index contributed by atoms with van der Waals surface area (Å²) in [5.41, 5.74) is 0.522. The fourth-order valence-corrected chi connectivity index (χ4v) is 4.55. The first-order chi connectivity index (χ1) is 19.3. The van der Waals surface area contributed by atoms with Gasteiger partial charge in [0.1, 0.15) is 11.3 Å². The molecule has 1 amide bonds. The van der Waals surface area contributed by atoms with Crippen LogP contribution in [0.1, 0.15) is 21.6 Å². The van der Waals surface area contributed by atoms with Gasteiger partial charge in [-0.15, -0.1) is 0 Å². The highest BCUT2D eigenvalue weighted by molar-refractivity contribution is 6.08. The van der Waals surface area contributed by atoms with E-state index in [1.807, 2.05) is 42.5 Å². The maximum atomic E-state index is 13.9. The first-order valence-corrected chi connectivity index (χ1v) is 12.2. The van der Waals surface area contributed by atoms with Crippen molar-refractivity contribution in [3.63, 3.8) is 0 Å². The lowest BCUT2D eigenvalue weighted by Gasteiger charge is -2.12. The van der Waals surface area contributed by atoms with Crippen LogP contribution in [0, 0.1) is 0 Å². The van der Waals surface area contributed by atoms with Gasteiger partial charge in [0.2, 0.25) is 0 Å². The molecule has 40 heavy (non-hydrogen) atoms. The Labute approximate surface area is 225 Å². The normalized spacial score (nSPS) is 11.7. The molecule has 3 heterocycles. The molecular formula is C29H21F3N6O2. The van der Waals surface area contributed by atoms with Crippen LogP contribution < -0.4 is 10.1 Å².